The van der Waals surface area contributed by atoms with Gasteiger partial charge in [0.2, 0.25) is 5.88 Å². The van der Waals surface area contributed by atoms with E-state index in [2.05, 4.69) is 27.2 Å². The highest BCUT2D eigenvalue weighted by Gasteiger charge is 2.14. The van der Waals surface area contributed by atoms with E-state index in [1.165, 1.54) is 12.4 Å². The largest absolute Gasteiger partial charge is 0.467 e. The lowest BCUT2D eigenvalue weighted by molar-refractivity contribution is -0.122. The molecule has 0 aliphatic heterocycles. The van der Waals surface area contributed by atoms with Crippen LogP contribution in [0.15, 0.2) is 19.0 Å². The van der Waals surface area contributed by atoms with Crippen molar-refractivity contribution in [3.05, 3.63) is 29.4 Å². The van der Waals surface area contributed by atoms with Crippen LogP contribution in [0.4, 0.5) is 4.79 Å². The van der Waals surface area contributed by atoms with Gasteiger partial charge in [0.1, 0.15) is 11.2 Å². The second-order valence-electron chi connectivity index (χ2n) is 4.48. The second kappa shape index (κ2) is 6.99. The normalized spacial score (nSPS) is 10.3. The minimum atomic E-state index is -0.594. The van der Waals surface area contributed by atoms with Crippen LogP contribution in [-0.2, 0) is 4.79 Å². The number of amides is 3. The van der Waals surface area contributed by atoms with Crippen LogP contribution in [-0.4, -0.2) is 35.1 Å². The molecular formula is C14H16N4O3S. The fourth-order valence-corrected chi connectivity index (χ4v) is 2.75. The van der Waals surface area contributed by atoms with Gasteiger partial charge in [0.05, 0.1) is 5.39 Å². The molecule has 2 N–H and O–H groups in total. The molecule has 0 saturated heterocycles. The minimum absolute atomic E-state index is 0.278. The molecule has 2 aromatic heterocycles. The van der Waals surface area contributed by atoms with E-state index >= 15 is 0 Å². The van der Waals surface area contributed by atoms with E-state index in [4.69, 9.17) is 4.74 Å². The molecule has 0 unspecified atom stereocenters. The van der Waals surface area contributed by atoms with E-state index in [9.17, 15) is 9.59 Å². The first kappa shape index (κ1) is 15.9. The van der Waals surface area contributed by atoms with E-state index in [0.29, 0.717) is 5.88 Å². The number of fused-ring (bicyclic) bond motifs is 1. The summed E-state index contributed by atoms with van der Waals surface area (Å²) in [5.41, 5.74) is 1.03. The molecule has 0 aromatic carbocycles. The van der Waals surface area contributed by atoms with Crippen LogP contribution >= 0.6 is 11.3 Å². The number of ether oxygens (including phenoxy) is 1. The van der Waals surface area contributed by atoms with Gasteiger partial charge in [-0.15, -0.1) is 17.9 Å². The number of aryl methyl sites for hydroxylation is 2. The first-order chi connectivity index (χ1) is 10.5. The van der Waals surface area contributed by atoms with Gasteiger partial charge in [-0.05, 0) is 19.4 Å². The molecule has 0 bridgehead atoms. The van der Waals surface area contributed by atoms with Gasteiger partial charge < -0.3 is 10.1 Å². The topological polar surface area (TPSA) is 93.2 Å². The molecule has 0 saturated carbocycles. The zero-order valence-electron chi connectivity index (χ0n) is 12.3. The SMILES string of the molecule is C=CCNC(=O)NC(=O)COc1ncnc2sc(C)c(C)c12. The molecule has 0 aliphatic carbocycles. The van der Waals surface area contributed by atoms with Crippen molar-refractivity contribution in [1.82, 2.24) is 20.6 Å². The van der Waals surface area contributed by atoms with Gasteiger partial charge in [-0.2, -0.15) is 0 Å². The van der Waals surface area contributed by atoms with Gasteiger partial charge >= 0.3 is 6.03 Å². The van der Waals surface area contributed by atoms with E-state index in [-0.39, 0.29) is 13.2 Å². The average molecular weight is 320 g/mol. The standard InChI is InChI=1S/C14H16N4O3S/c1-4-5-15-14(20)18-10(19)6-21-12-11-8(2)9(3)22-13(11)17-7-16-12/h4,7H,1,5-6H2,2-3H3,(H2,15,18,19,20). The maximum Gasteiger partial charge on any atom is 0.321 e. The summed E-state index contributed by atoms with van der Waals surface area (Å²) >= 11 is 1.54. The van der Waals surface area contributed by atoms with Crippen molar-refractivity contribution in [2.24, 2.45) is 0 Å². The molecular weight excluding hydrogens is 304 g/mol. The molecule has 3 amide bonds. The summed E-state index contributed by atoms with van der Waals surface area (Å²) in [6.07, 6.45) is 2.90. The Kier molecular flexibility index (Phi) is 5.05. The molecule has 8 heteroatoms. The summed E-state index contributed by atoms with van der Waals surface area (Å²) in [5.74, 6) is -0.216. The van der Waals surface area contributed by atoms with Crippen molar-refractivity contribution in [2.45, 2.75) is 13.8 Å². The number of carbonyl (C=O) groups excluding carboxylic acids is 2. The first-order valence-corrected chi connectivity index (χ1v) is 7.36. The number of nitrogens with one attached hydrogen (secondary N) is 2. The zero-order valence-corrected chi connectivity index (χ0v) is 13.1. The smallest absolute Gasteiger partial charge is 0.321 e. The van der Waals surface area contributed by atoms with Crippen LogP contribution in [0.1, 0.15) is 10.4 Å². The van der Waals surface area contributed by atoms with E-state index < -0.39 is 11.9 Å². The van der Waals surface area contributed by atoms with E-state index in [0.717, 1.165) is 20.7 Å². The average Bonchev–Trinajstić information content (AvgIpc) is 2.78. The number of rotatable bonds is 5. The summed E-state index contributed by atoms with van der Waals surface area (Å²) in [6, 6.07) is -0.594. The number of hydrogen-bond acceptors (Lipinski definition) is 6. The van der Waals surface area contributed by atoms with Crippen molar-refractivity contribution >= 4 is 33.5 Å². The van der Waals surface area contributed by atoms with Gasteiger partial charge in [-0.1, -0.05) is 6.08 Å². The Balaban J connectivity index is 2.01. The van der Waals surface area contributed by atoms with Gasteiger partial charge in [0.25, 0.3) is 5.91 Å². The summed E-state index contributed by atoms with van der Waals surface area (Å²) in [6.45, 7) is 7.38. The van der Waals surface area contributed by atoms with Crippen LogP contribution in [0.25, 0.3) is 10.2 Å². The predicted molar refractivity (Wildman–Crippen MR) is 84.1 cm³/mol. The number of nitrogens with zero attached hydrogens (tertiary/aromatic N) is 2. The van der Waals surface area contributed by atoms with Crippen molar-refractivity contribution < 1.29 is 14.3 Å². The number of imide groups is 1. The van der Waals surface area contributed by atoms with Gasteiger partial charge in [0, 0.05) is 11.4 Å². The fraction of sp³-hybridized carbons (Fsp3) is 0.286. The molecule has 116 valence electrons. The fourth-order valence-electron chi connectivity index (χ4n) is 1.77. The zero-order chi connectivity index (χ0) is 16.1. The maximum atomic E-state index is 11.7. The van der Waals surface area contributed by atoms with E-state index in [1.807, 2.05) is 13.8 Å². The third-order valence-corrected chi connectivity index (χ3v) is 4.05. The van der Waals surface area contributed by atoms with Gasteiger partial charge in [-0.25, -0.2) is 14.8 Å². The second-order valence-corrected chi connectivity index (χ2v) is 5.68. The highest BCUT2D eigenvalue weighted by molar-refractivity contribution is 7.18. The lowest BCUT2D eigenvalue weighted by Crippen LogP contribution is -2.41. The van der Waals surface area contributed by atoms with Crippen LogP contribution in [0.2, 0.25) is 0 Å². The van der Waals surface area contributed by atoms with Gasteiger partial charge in [-0.3, -0.25) is 10.1 Å². The quantitative estimate of drug-likeness (QED) is 0.818. The third kappa shape index (κ3) is 3.59. The summed E-state index contributed by atoms with van der Waals surface area (Å²) in [7, 11) is 0. The van der Waals surface area contributed by atoms with Crippen molar-refractivity contribution in [1.29, 1.82) is 0 Å². The van der Waals surface area contributed by atoms with Crippen LogP contribution in [0, 0.1) is 13.8 Å². The lowest BCUT2D eigenvalue weighted by atomic mass is 10.2. The number of aromatic nitrogens is 2. The molecule has 0 atom stereocenters. The minimum Gasteiger partial charge on any atom is -0.467 e. The Morgan fingerprint density at radius 1 is 1.41 bits per heavy atom. The summed E-state index contributed by atoms with van der Waals surface area (Å²) < 4.78 is 5.42. The Hall–Kier alpha value is -2.48. The van der Waals surface area contributed by atoms with Crippen LogP contribution < -0.4 is 15.4 Å². The molecule has 0 spiro atoms. The number of thiophene rings is 1. The van der Waals surface area contributed by atoms with Crippen molar-refractivity contribution in [3.63, 3.8) is 0 Å². The molecule has 22 heavy (non-hydrogen) atoms. The lowest BCUT2D eigenvalue weighted by Gasteiger charge is -2.07. The van der Waals surface area contributed by atoms with Gasteiger partial charge in [0.15, 0.2) is 6.61 Å². The highest BCUT2D eigenvalue weighted by Crippen LogP contribution is 2.33. The Morgan fingerprint density at radius 3 is 2.91 bits per heavy atom. The Morgan fingerprint density at radius 2 is 2.18 bits per heavy atom. The first-order valence-electron chi connectivity index (χ1n) is 6.55. The third-order valence-electron chi connectivity index (χ3n) is 2.93. The molecule has 0 fully saturated rings. The van der Waals surface area contributed by atoms with Crippen molar-refractivity contribution in [2.75, 3.05) is 13.2 Å². The number of carbonyl (C=O) groups is 2. The summed E-state index contributed by atoms with van der Waals surface area (Å²) in [5, 5.41) is 5.39. The molecule has 2 heterocycles. The van der Waals surface area contributed by atoms with Crippen LogP contribution in [0.3, 0.4) is 0 Å². The van der Waals surface area contributed by atoms with E-state index in [1.54, 1.807) is 11.3 Å². The predicted octanol–water partition coefficient (Wildman–Crippen LogP) is 1.70. The molecule has 2 rings (SSSR count). The highest BCUT2D eigenvalue weighted by atomic mass is 32.1. The number of urea groups is 1. The summed E-state index contributed by atoms with van der Waals surface area (Å²) in [4.78, 5) is 33.2. The maximum absolute atomic E-state index is 11.7. The molecule has 0 aliphatic rings. The Labute approximate surface area is 131 Å². The molecule has 0 radical (unpaired) electrons. The molecule has 2 aromatic rings. The van der Waals surface area contributed by atoms with Crippen molar-refractivity contribution in [3.8, 4) is 5.88 Å². The number of hydrogen-bond donors (Lipinski definition) is 2. The Bertz CT molecular complexity index is 726. The van der Waals surface area contributed by atoms with Crippen LogP contribution in [0.5, 0.6) is 5.88 Å². The molecule has 7 nitrogen and oxygen atoms in total. The monoisotopic (exact) mass is 320 g/mol.